The number of rotatable bonds is 6. The van der Waals surface area contributed by atoms with E-state index in [0.717, 1.165) is 10.0 Å². The Morgan fingerprint density at radius 1 is 1.45 bits per heavy atom. The number of hydrogen-bond acceptors (Lipinski definition) is 4. The van der Waals surface area contributed by atoms with Crippen LogP contribution in [0.3, 0.4) is 0 Å². The molecule has 0 bridgehead atoms. The van der Waals surface area contributed by atoms with Gasteiger partial charge in [-0.2, -0.15) is 5.10 Å². The molecule has 1 heterocycles. The van der Waals surface area contributed by atoms with E-state index in [1.54, 1.807) is 24.4 Å². The smallest absolute Gasteiger partial charge is 0.272 e. The van der Waals surface area contributed by atoms with Crippen LogP contribution in [-0.2, 0) is 0 Å². The van der Waals surface area contributed by atoms with Gasteiger partial charge in [-0.1, -0.05) is 28.6 Å². The molecule has 0 aliphatic carbocycles. The molecular weight excluding hydrogens is 346 g/mol. The van der Waals surface area contributed by atoms with Crippen LogP contribution in [0, 0.1) is 0 Å². The van der Waals surface area contributed by atoms with Crippen molar-refractivity contribution in [2.24, 2.45) is 5.10 Å². The zero-order chi connectivity index (χ0) is 15.8. The summed E-state index contributed by atoms with van der Waals surface area (Å²) in [5, 5.41) is 3.95. The quantitative estimate of drug-likeness (QED) is 0.489. The number of nitrogens with one attached hydrogen (secondary N) is 1. The molecule has 1 aromatic carbocycles. The molecule has 112 valence electrons. The van der Waals surface area contributed by atoms with Crippen molar-refractivity contribution < 1.29 is 9.53 Å². The lowest BCUT2D eigenvalue weighted by atomic mass is 10.2. The first-order valence-electron chi connectivity index (χ1n) is 6.47. The summed E-state index contributed by atoms with van der Waals surface area (Å²) in [6, 6.07) is 8.88. The van der Waals surface area contributed by atoms with E-state index in [2.05, 4.69) is 38.0 Å². The van der Waals surface area contributed by atoms with Crippen LogP contribution in [0.15, 0.2) is 65.0 Å². The summed E-state index contributed by atoms with van der Waals surface area (Å²) in [6.45, 7) is 4.00. The number of amides is 1. The molecule has 0 saturated heterocycles. The molecule has 0 radical (unpaired) electrons. The highest BCUT2D eigenvalue weighted by Crippen LogP contribution is 2.21. The fourth-order valence-electron chi connectivity index (χ4n) is 1.62. The van der Waals surface area contributed by atoms with Crippen molar-refractivity contribution in [3.8, 4) is 5.75 Å². The average molecular weight is 360 g/mol. The standard InChI is InChI=1S/C16H14BrN3O2/c1-2-8-22-15-6-5-14(17)9-13(15)11-19-20-16(21)12-4-3-7-18-10-12/h2-7,9-11H,1,8H2,(H,20,21)/b19-11+. The first-order chi connectivity index (χ1) is 10.7. The zero-order valence-electron chi connectivity index (χ0n) is 11.7. The predicted molar refractivity (Wildman–Crippen MR) is 89.1 cm³/mol. The van der Waals surface area contributed by atoms with Gasteiger partial charge in [-0.15, -0.1) is 0 Å². The number of ether oxygens (including phenoxy) is 1. The first kappa shape index (κ1) is 15.9. The highest BCUT2D eigenvalue weighted by molar-refractivity contribution is 9.10. The number of carbonyl (C=O) groups excluding carboxylic acids is 1. The van der Waals surface area contributed by atoms with Crippen LogP contribution in [0.5, 0.6) is 5.75 Å². The highest BCUT2D eigenvalue weighted by atomic mass is 79.9. The van der Waals surface area contributed by atoms with Crippen molar-refractivity contribution in [3.05, 3.63) is 71.0 Å². The minimum Gasteiger partial charge on any atom is -0.489 e. The van der Waals surface area contributed by atoms with Crippen molar-refractivity contribution >= 4 is 28.1 Å². The molecule has 0 atom stereocenters. The van der Waals surface area contributed by atoms with Gasteiger partial charge in [0.1, 0.15) is 12.4 Å². The van der Waals surface area contributed by atoms with Gasteiger partial charge in [-0.05, 0) is 30.3 Å². The Labute approximate surface area is 136 Å². The van der Waals surface area contributed by atoms with Gasteiger partial charge >= 0.3 is 0 Å². The third kappa shape index (κ3) is 4.53. The lowest BCUT2D eigenvalue weighted by molar-refractivity contribution is 0.0955. The second kappa shape index (κ2) is 8.09. The molecule has 5 nitrogen and oxygen atoms in total. The van der Waals surface area contributed by atoms with Crippen LogP contribution in [0.1, 0.15) is 15.9 Å². The number of hydrazone groups is 1. The number of carbonyl (C=O) groups is 1. The zero-order valence-corrected chi connectivity index (χ0v) is 13.3. The Hall–Kier alpha value is -2.47. The third-order valence-electron chi connectivity index (χ3n) is 2.62. The van der Waals surface area contributed by atoms with E-state index in [9.17, 15) is 4.79 Å². The summed E-state index contributed by atoms with van der Waals surface area (Å²) in [4.78, 5) is 15.7. The van der Waals surface area contributed by atoms with Crippen molar-refractivity contribution in [2.45, 2.75) is 0 Å². The van der Waals surface area contributed by atoms with Gasteiger partial charge in [0.2, 0.25) is 0 Å². The Morgan fingerprint density at radius 3 is 3.05 bits per heavy atom. The van der Waals surface area contributed by atoms with Gasteiger partial charge in [0.25, 0.3) is 5.91 Å². The molecule has 2 rings (SSSR count). The summed E-state index contributed by atoms with van der Waals surface area (Å²) in [6.07, 6.45) is 6.26. The maximum absolute atomic E-state index is 11.8. The molecule has 0 spiro atoms. The van der Waals surface area contributed by atoms with Crippen LogP contribution >= 0.6 is 15.9 Å². The maximum Gasteiger partial charge on any atom is 0.272 e. The van der Waals surface area contributed by atoms with E-state index in [-0.39, 0.29) is 5.91 Å². The van der Waals surface area contributed by atoms with Gasteiger partial charge < -0.3 is 4.74 Å². The van der Waals surface area contributed by atoms with Crippen LogP contribution in [0.25, 0.3) is 0 Å². The Kier molecular flexibility index (Phi) is 5.85. The van der Waals surface area contributed by atoms with Crippen molar-refractivity contribution in [1.29, 1.82) is 0 Å². The molecule has 0 fully saturated rings. The molecule has 1 N–H and O–H groups in total. The van der Waals surface area contributed by atoms with E-state index < -0.39 is 0 Å². The molecule has 0 aliphatic rings. The van der Waals surface area contributed by atoms with Crippen molar-refractivity contribution in [1.82, 2.24) is 10.4 Å². The number of nitrogens with zero attached hydrogens (tertiary/aromatic N) is 2. The van der Waals surface area contributed by atoms with Crippen LogP contribution in [0.2, 0.25) is 0 Å². The highest BCUT2D eigenvalue weighted by Gasteiger charge is 2.04. The molecule has 22 heavy (non-hydrogen) atoms. The van der Waals surface area contributed by atoms with E-state index in [4.69, 9.17) is 4.74 Å². The van der Waals surface area contributed by atoms with E-state index in [1.807, 2.05) is 18.2 Å². The van der Waals surface area contributed by atoms with Crippen molar-refractivity contribution in [3.63, 3.8) is 0 Å². The molecule has 1 amide bonds. The van der Waals surface area contributed by atoms with Gasteiger partial charge in [0.15, 0.2) is 0 Å². The molecule has 2 aromatic rings. The second-order valence-corrected chi connectivity index (χ2v) is 5.14. The number of pyridine rings is 1. The molecule has 0 unspecified atom stereocenters. The monoisotopic (exact) mass is 359 g/mol. The second-order valence-electron chi connectivity index (χ2n) is 4.22. The number of aromatic nitrogens is 1. The van der Waals surface area contributed by atoms with E-state index in [1.165, 1.54) is 12.4 Å². The molecule has 1 aromatic heterocycles. The van der Waals surface area contributed by atoms with Gasteiger partial charge in [-0.3, -0.25) is 9.78 Å². The Morgan fingerprint density at radius 2 is 2.32 bits per heavy atom. The molecular formula is C16H14BrN3O2. The maximum atomic E-state index is 11.8. The summed E-state index contributed by atoms with van der Waals surface area (Å²) in [5.74, 6) is 0.329. The fraction of sp³-hybridized carbons (Fsp3) is 0.0625. The van der Waals surface area contributed by atoms with Crippen LogP contribution in [-0.4, -0.2) is 23.7 Å². The van der Waals surface area contributed by atoms with Crippen molar-refractivity contribution in [2.75, 3.05) is 6.61 Å². The predicted octanol–water partition coefficient (Wildman–Crippen LogP) is 3.17. The number of halogens is 1. The van der Waals surface area contributed by atoms with E-state index in [0.29, 0.717) is 17.9 Å². The Balaban J connectivity index is 2.07. The summed E-state index contributed by atoms with van der Waals surface area (Å²) in [7, 11) is 0. The Bertz CT molecular complexity index is 687. The SMILES string of the molecule is C=CCOc1ccc(Br)cc1/C=N/NC(=O)c1cccnc1. The normalized spacial score (nSPS) is 10.4. The summed E-state index contributed by atoms with van der Waals surface area (Å²) < 4.78 is 6.42. The van der Waals surface area contributed by atoms with E-state index >= 15 is 0 Å². The minimum atomic E-state index is -0.326. The number of hydrogen-bond donors (Lipinski definition) is 1. The number of benzene rings is 1. The first-order valence-corrected chi connectivity index (χ1v) is 7.26. The van der Waals surface area contributed by atoms with Gasteiger partial charge in [0.05, 0.1) is 11.8 Å². The molecule has 0 aliphatic heterocycles. The van der Waals surface area contributed by atoms with Crippen LogP contribution in [0.4, 0.5) is 0 Å². The summed E-state index contributed by atoms with van der Waals surface area (Å²) >= 11 is 3.39. The fourth-order valence-corrected chi connectivity index (χ4v) is 2.00. The topological polar surface area (TPSA) is 63.6 Å². The summed E-state index contributed by atoms with van der Waals surface area (Å²) in [5.41, 5.74) is 3.63. The van der Waals surface area contributed by atoms with Gasteiger partial charge in [0, 0.05) is 22.4 Å². The van der Waals surface area contributed by atoms with Gasteiger partial charge in [-0.25, -0.2) is 5.43 Å². The lowest BCUT2D eigenvalue weighted by Crippen LogP contribution is -2.17. The third-order valence-corrected chi connectivity index (χ3v) is 3.12. The van der Waals surface area contributed by atoms with Crippen LogP contribution < -0.4 is 10.2 Å². The minimum absolute atomic E-state index is 0.326. The lowest BCUT2D eigenvalue weighted by Gasteiger charge is -2.07. The largest absolute Gasteiger partial charge is 0.489 e. The molecule has 6 heteroatoms. The average Bonchev–Trinajstić information content (AvgIpc) is 2.55. The molecule has 0 saturated carbocycles.